The molecule has 0 fully saturated rings. The van der Waals surface area contributed by atoms with Crippen molar-refractivity contribution in [3.05, 3.63) is 120 Å². The molecule has 3 aromatic carbocycles. The first-order chi connectivity index (χ1) is 15.7. The van der Waals surface area contributed by atoms with Crippen molar-refractivity contribution in [2.45, 2.75) is 20.0 Å². The highest BCUT2D eigenvalue weighted by Crippen LogP contribution is 2.19. The first-order valence-electron chi connectivity index (χ1n) is 10.7. The summed E-state index contributed by atoms with van der Waals surface area (Å²) in [6, 6.07) is 28.1. The molecule has 0 aliphatic carbocycles. The zero-order chi connectivity index (χ0) is 21.9. The number of nitrogens with zero attached hydrogens (tertiary/aromatic N) is 3. The third kappa shape index (κ3) is 4.05. The number of hydrogen-bond acceptors (Lipinski definition) is 2. The number of carbonyl (C=O) groups is 1. The molecule has 0 bridgehead atoms. The first-order valence-corrected chi connectivity index (χ1v) is 10.7. The number of aryl methyl sites for hydroxylation is 1. The minimum Gasteiger partial charge on any atom is -0.345 e. The van der Waals surface area contributed by atoms with Gasteiger partial charge in [-0.05, 0) is 61.0 Å². The Morgan fingerprint density at radius 1 is 0.875 bits per heavy atom. The summed E-state index contributed by atoms with van der Waals surface area (Å²) in [6.07, 6.45) is 3.96. The van der Waals surface area contributed by atoms with Crippen LogP contribution in [0.25, 0.3) is 16.7 Å². The molecule has 0 radical (unpaired) electrons. The summed E-state index contributed by atoms with van der Waals surface area (Å²) in [4.78, 5) is 17.6. The van der Waals surface area contributed by atoms with Crippen molar-refractivity contribution in [3.63, 3.8) is 0 Å². The molecular weight excluding hydrogens is 396 g/mol. The van der Waals surface area contributed by atoms with Gasteiger partial charge in [0.25, 0.3) is 5.91 Å². The van der Waals surface area contributed by atoms with Crippen LogP contribution in [0.15, 0.2) is 97.3 Å². The van der Waals surface area contributed by atoms with Crippen LogP contribution < -0.4 is 5.32 Å². The van der Waals surface area contributed by atoms with Crippen LogP contribution in [0.3, 0.4) is 0 Å². The smallest absolute Gasteiger partial charge is 0.251 e. The van der Waals surface area contributed by atoms with E-state index in [4.69, 9.17) is 4.98 Å². The van der Waals surface area contributed by atoms with E-state index in [1.807, 2.05) is 71.6 Å². The lowest BCUT2D eigenvalue weighted by molar-refractivity contribution is 0.0949. The van der Waals surface area contributed by atoms with Crippen LogP contribution in [0.4, 0.5) is 0 Å². The second kappa shape index (κ2) is 8.55. The number of benzene rings is 3. The lowest BCUT2D eigenvalue weighted by Gasteiger charge is -2.11. The average molecular weight is 421 g/mol. The summed E-state index contributed by atoms with van der Waals surface area (Å²) >= 11 is 0. The van der Waals surface area contributed by atoms with E-state index >= 15 is 0 Å². The molecule has 0 aliphatic heterocycles. The molecule has 5 aromatic rings. The predicted octanol–water partition coefficient (Wildman–Crippen LogP) is 5.11. The van der Waals surface area contributed by atoms with Crippen molar-refractivity contribution in [1.29, 1.82) is 0 Å². The number of para-hydroxylation sites is 2. The van der Waals surface area contributed by atoms with Gasteiger partial charge in [0.05, 0.1) is 17.6 Å². The third-order valence-corrected chi connectivity index (χ3v) is 5.63. The molecule has 0 atom stereocenters. The van der Waals surface area contributed by atoms with Gasteiger partial charge in [-0.15, -0.1) is 0 Å². The molecule has 0 saturated heterocycles. The van der Waals surface area contributed by atoms with Gasteiger partial charge in [0.1, 0.15) is 5.82 Å². The fraction of sp³-hybridized carbons (Fsp3) is 0.111. The largest absolute Gasteiger partial charge is 0.345 e. The maximum Gasteiger partial charge on any atom is 0.251 e. The number of imidazole rings is 1. The van der Waals surface area contributed by atoms with Crippen molar-refractivity contribution in [2.75, 3.05) is 0 Å². The molecular formula is C27H24N4O. The second-order valence-electron chi connectivity index (χ2n) is 7.91. The molecule has 5 heteroatoms. The highest BCUT2D eigenvalue weighted by Gasteiger charge is 2.13. The van der Waals surface area contributed by atoms with Crippen LogP contribution in [-0.2, 0) is 13.1 Å². The van der Waals surface area contributed by atoms with Crippen molar-refractivity contribution < 1.29 is 4.79 Å². The molecule has 1 amide bonds. The lowest BCUT2D eigenvalue weighted by atomic mass is 10.1. The molecule has 0 saturated carbocycles. The first kappa shape index (κ1) is 19.8. The number of nitrogens with one attached hydrogen (secondary N) is 1. The molecule has 5 rings (SSSR count). The van der Waals surface area contributed by atoms with Crippen LogP contribution in [0.2, 0.25) is 0 Å². The number of fused-ring (bicyclic) bond motifs is 1. The lowest BCUT2D eigenvalue weighted by Crippen LogP contribution is -2.25. The van der Waals surface area contributed by atoms with E-state index in [1.165, 1.54) is 11.1 Å². The number of hydrogen-bond donors (Lipinski definition) is 1. The van der Waals surface area contributed by atoms with Crippen LogP contribution in [0.5, 0.6) is 0 Å². The molecule has 0 unspecified atom stereocenters. The predicted molar refractivity (Wildman–Crippen MR) is 127 cm³/mol. The van der Waals surface area contributed by atoms with E-state index in [0.717, 1.165) is 22.5 Å². The SMILES string of the molecule is Cc1ccc(Cn2c(CNC(=O)c3ccc(-n4cccc4)cc3)nc3ccccc32)cc1. The van der Waals surface area contributed by atoms with Crippen LogP contribution in [-0.4, -0.2) is 20.0 Å². The van der Waals surface area contributed by atoms with E-state index in [0.29, 0.717) is 18.7 Å². The molecule has 158 valence electrons. The van der Waals surface area contributed by atoms with Gasteiger partial charge >= 0.3 is 0 Å². The van der Waals surface area contributed by atoms with Crippen LogP contribution in [0, 0.1) is 6.92 Å². The van der Waals surface area contributed by atoms with Crippen molar-refractivity contribution in [2.24, 2.45) is 0 Å². The van der Waals surface area contributed by atoms with Gasteiger partial charge in [0.15, 0.2) is 0 Å². The minimum atomic E-state index is -0.113. The fourth-order valence-corrected chi connectivity index (χ4v) is 3.87. The third-order valence-electron chi connectivity index (χ3n) is 5.63. The zero-order valence-corrected chi connectivity index (χ0v) is 17.9. The standard InChI is InChI=1S/C27H24N4O/c1-20-8-10-21(11-9-20)19-31-25-7-3-2-6-24(25)29-26(31)18-28-27(32)22-12-14-23(15-13-22)30-16-4-5-17-30/h2-17H,18-19H2,1H3,(H,28,32). The van der Waals surface area contributed by atoms with Crippen LogP contribution >= 0.6 is 0 Å². The summed E-state index contributed by atoms with van der Waals surface area (Å²) in [7, 11) is 0. The van der Waals surface area contributed by atoms with E-state index in [9.17, 15) is 4.79 Å². The second-order valence-corrected chi connectivity index (χ2v) is 7.91. The number of rotatable bonds is 6. The van der Waals surface area contributed by atoms with Gasteiger partial charge in [0.2, 0.25) is 0 Å². The summed E-state index contributed by atoms with van der Waals surface area (Å²) in [6.45, 7) is 3.15. The van der Waals surface area contributed by atoms with Gasteiger partial charge in [-0.25, -0.2) is 4.98 Å². The number of amides is 1. The summed E-state index contributed by atoms with van der Waals surface area (Å²) in [5.41, 5.74) is 6.08. The van der Waals surface area contributed by atoms with E-state index in [-0.39, 0.29) is 5.91 Å². The average Bonchev–Trinajstić information content (AvgIpc) is 3.48. The Bertz CT molecular complexity index is 1350. The Labute approximate surface area is 187 Å². The molecule has 1 N–H and O–H groups in total. The highest BCUT2D eigenvalue weighted by molar-refractivity contribution is 5.94. The highest BCUT2D eigenvalue weighted by atomic mass is 16.1. The van der Waals surface area contributed by atoms with Crippen LogP contribution in [0.1, 0.15) is 27.3 Å². The van der Waals surface area contributed by atoms with Gasteiger partial charge in [0, 0.05) is 30.2 Å². The Hall–Kier alpha value is -4.12. The summed E-state index contributed by atoms with van der Waals surface area (Å²) < 4.78 is 4.19. The number of aromatic nitrogens is 3. The Morgan fingerprint density at radius 3 is 2.34 bits per heavy atom. The normalized spacial score (nSPS) is 11.0. The molecule has 0 aliphatic rings. The van der Waals surface area contributed by atoms with Crippen molar-refractivity contribution in [1.82, 2.24) is 19.4 Å². The molecule has 32 heavy (non-hydrogen) atoms. The van der Waals surface area contributed by atoms with E-state index in [2.05, 4.69) is 47.1 Å². The molecule has 0 spiro atoms. The van der Waals surface area contributed by atoms with E-state index < -0.39 is 0 Å². The quantitative estimate of drug-likeness (QED) is 0.415. The molecule has 2 aromatic heterocycles. The molecule has 5 nitrogen and oxygen atoms in total. The summed E-state index contributed by atoms with van der Waals surface area (Å²) in [5, 5.41) is 3.04. The minimum absolute atomic E-state index is 0.113. The molecule has 2 heterocycles. The Balaban J connectivity index is 1.35. The fourth-order valence-electron chi connectivity index (χ4n) is 3.87. The summed E-state index contributed by atoms with van der Waals surface area (Å²) in [5.74, 6) is 0.724. The van der Waals surface area contributed by atoms with Gasteiger partial charge in [-0.2, -0.15) is 0 Å². The Morgan fingerprint density at radius 2 is 1.59 bits per heavy atom. The maximum atomic E-state index is 12.8. The monoisotopic (exact) mass is 420 g/mol. The van der Waals surface area contributed by atoms with E-state index in [1.54, 1.807) is 0 Å². The Kier molecular flexibility index (Phi) is 5.30. The van der Waals surface area contributed by atoms with Gasteiger partial charge in [-0.3, -0.25) is 4.79 Å². The topological polar surface area (TPSA) is 51.9 Å². The number of carbonyl (C=O) groups excluding carboxylic acids is 1. The van der Waals surface area contributed by atoms with Gasteiger partial charge < -0.3 is 14.5 Å². The van der Waals surface area contributed by atoms with Crippen molar-refractivity contribution >= 4 is 16.9 Å². The van der Waals surface area contributed by atoms with Gasteiger partial charge in [-0.1, -0.05) is 42.0 Å². The zero-order valence-electron chi connectivity index (χ0n) is 17.9. The van der Waals surface area contributed by atoms with Crippen molar-refractivity contribution in [3.8, 4) is 5.69 Å². The maximum absolute atomic E-state index is 12.8.